The Kier molecular flexibility index (Phi) is 7.77. The summed E-state index contributed by atoms with van der Waals surface area (Å²) in [5.41, 5.74) is 0.702. The summed E-state index contributed by atoms with van der Waals surface area (Å²) >= 11 is 0. The van der Waals surface area contributed by atoms with Crippen LogP contribution in [-0.4, -0.2) is 70.7 Å². The average molecular weight is 491 g/mol. The predicted octanol–water partition coefficient (Wildman–Crippen LogP) is 2.32. The van der Waals surface area contributed by atoms with Crippen LogP contribution in [0, 0.1) is 5.92 Å². The van der Waals surface area contributed by atoms with Gasteiger partial charge >= 0.3 is 5.97 Å². The average Bonchev–Trinajstić information content (AvgIpc) is 2.90. The Balaban J connectivity index is 1.55. The largest absolute Gasteiger partial charge is 0.466 e. The maximum Gasteiger partial charge on any atom is 0.310 e. The van der Waals surface area contributed by atoms with Gasteiger partial charge in [-0.15, -0.1) is 0 Å². The van der Waals surface area contributed by atoms with Crippen molar-refractivity contribution in [1.82, 2.24) is 19.6 Å². The molecule has 2 heterocycles. The van der Waals surface area contributed by atoms with Crippen LogP contribution in [0.2, 0.25) is 0 Å². The van der Waals surface area contributed by atoms with Gasteiger partial charge in [0.15, 0.2) is 5.69 Å². The molecule has 2 amide bonds. The van der Waals surface area contributed by atoms with E-state index in [4.69, 9.17) is 4.74 Å². The molecule has 1 aliphatic heterocycles. The molecule has 1 aliphatic rings. The lowest BCUT2D eigenvalue weighted by Crippen LogP contribution is -2.47. The van der Waals surface area contributed by atoms with Crippen LogP contribution >= 0.6 is 0 Å². The summed E-state index contributed by atoms with van der Waals surface area (Å²) in [6.07, 6.45) is 1.37. The number of amides is 2. The summed E-state index contributed by atoms with van der Waals surface area (Å²) < 4.78 is 6.40. The fourth-order valence-corrected chi connectivity index (χ4v) is 4.47. The third-order valence-corrected chi connectivity index (χ3v) is 6.36. The molecule has 36 heavy (non-hydrogen) atoms. The van der Waals surface area contributed by atoms with Gasteiger partial charge in [0.2, 0.25) is 5.91 Å². The molecule has 0 radical (unpaired) electrons. The quantitative estimate of drug-likeness (QED) is 0.471. The van der Waals surface area contributed by atoms with Crippen LogP contribution in [0.4, 0.5) is 0 Å². The van der Waals surface area contributed by atoms with Gasteiger partial charge in [0.05, 0.1) is 31.0 Å². The highest BCUT2D eigenvalue weighted by molar-refractivity contribution is 6.05. The first-order chi connectivity index (χ1) is 17.4. The lowest BCUT2D eigenvalue weighted by atomic mass is 9.98. The molecule has 1 atom stereocenters. The molecule has 1 unspecified atom stereocenters. The molecule has 2 aromatic carbocycles. The van der Waals surface area contributed by atoms with Gasteiger partial charge in [-0.25, -0.2) is 4.68 Å². The Hall–Kier alpha value is -4.01. The number of hydrogen-bond acceptors (Lipinski definition) is 6. The third kappa shape index (κ3) is 5.45. The van der Waals surface area contributed by atoms with E-state index >= 15 is 0 Å². The van der Waals surface area contributed by atoms with Crippen molar-refractivity contribution in [2.45, 2.75) is 26.3 Å². The maximum absolute atomic E-state index is 13.5. The summed E-state index contributed by atoms with van der Waals surface area (Å²) in [5, 5.41) is 5.25. The number of nitrogens with zero attached hydrogens (tertiary/aromatic N) is 4. The number of piperidine rings is 1. The van der Waals surface area contributed by atoms with Gasteiger partial charge in [0.1, 0.15) is 0 Å². The first kappa shape index (κ1) is 25.1. The molecule has 0 saturated carbocycles. The van der Waals surface area contributed by atoms with Crippen LogP contribution in [0.3, 0.4) is 0 Å². The molecule has 0 aliphatic carbocycles. The standard InChI is InChI=1S/C27H30N4O5/c1-3-36-27(35)20-12-9-15-30(17-20)23(32)18-29(2)26(34)24-21-13-7-8-14-22(21)25(33)31(28-24)16-19-10-5-4-6-11-19/h4-8,10-11,13-14,20H,3,9,12,15-18H2,1-2H3. The van der Waals surface area contributed by atoms with Gasteiger partial charge in [-0.05, 0) is 31.4 Å². The van der Waals surface area contributed by atoms with E-state index in [0.717, 1.165) is 5.56 Å². The number of benzene rings is 2. The first-order valence-corrected chi connectivity index (χ1v) is 12.1. The van der Waals surface area contributed by atoms with E-state index in [2.05, 4.69) is 5.10 Å². The van der Waals surface area contributed by atoms with Crippen molar-refractivity contribution >= 4 is 28.6 Å². The number of rotatable bonds is 7. The summed E-state index contributed by atoms with van der Waals surface area (Å²) in [6.45, 7) is 2.92. The first-order valence-electron chi connectivity index (χ1n) is 12.1. The Bertz CT molecular complexity index is 1320. The molecular formula is C27H30N4O5. The number of ether oxygens (including phenoxy) is 1. The lowest BCUT2D eigenvalue weighted by Gasteiger charge is -2.32. The van der Waals surface area contributed by atoms with Gasteiger partial charge in [0.25, 0.3) is 11.5 Å². The molecule has 1 saturated heterocycles. The highest BCUT2D eigenvalue weighted by Gasteiger charge is 2.30. The SMILES string of the molecule is CCOC(=O)C1CCCN(C(=O)CN(C)C(=O)c2nn(Cc3ccccc3)c(=O)c3ccccc23)C1. The van der Waals surface area contributed by atoms with E-state index in [1.54, 1.807) is 36.1 Å². The Morgan fingerprint density at radius 3 is 2.47 bits per heavy atom. The molecule has 3 aromatic rings. The van der Waals surface area contributed by atoms with Crippen molar-refractivity contribution in [2.24, 2.45) is 5.92 Å². The number of fused-ring (bicyclic) bond motifs is 1. The number of carbonyl (C=O) groups is 3. The summed E-state index contributed by atoms with van der Waals surface area (Å²) in [6, 6.07) is 16.3. The molecule has 0 spiro atoms. The second-order valence-electron chi connectivity index (χ2n) is 8.93. The van der Waals surface area contributed by atoms with Gasteiger partial charge in [-0.3, -0.25) is 19.2 Å². The molecular weight excluding hydrogens is 460 g/mol. The van der Waals surface area contributed by atoms with E-state index in [1.165, 1.54) is 16.6 Å². The fraction of sp³-hybridized carbons (Fsp3) is 0.370. The van der Waals surface area contributed by atoms with Gasteiger partial charge in [0, 0.05) is 25.5 Å². The maximum atomic E-state index is 13.5. The summed E-state index contributed by atoms with van der Waals surface area (Å²) in [5.74, 6) is -1.35. The van der Waals surface area contributed by atoms with Crippen LogP contribution in [0.1, 0.15) is 35.8 Å². The number of likely N-dealkylation sites (N-methyl/N-ethyl adjacent to an activating group) is 1. The summed E-state index contributed by atoms with van der Waals surface area (Å²) in [4.78, 5) is 54.6. The summed E-state index contributed by atoms with van der Waals surface area (Å²) in [7, 11) is 1.54. The van der Waals surface area contributed by atoms with Crippen molar-refractivity contribution < 1.29 is 19.1 Å². The monoisotopic (exact) mass is 490 g/mol. The second-order valence-corrected chi connectivity index (χ2v) is 8.93. The highest BCUT2D eigenvalue weighted by atomic mass is 16.5. The van der Waals surface area contributed by atoms with Crippen molar-refractivity contribution in [3.8, 4) is 0 Å². The van der Waals surface area contributed by atoms with Crippen LogP contribution < -0.4 is 5.56 Å². The Morgan fingerprint density at radius 1 is 1.06 bits per heavy atom. The van der Waals surface area contributed by atoms with E-state index in [0.29, 0.717) is 36.8 Å². The number of likely N-dealkylation sites (tertiary alicyclic amines) is 1. The van der Waals surface area contributed by atoms with Crippen molar-refractivity contribution in [3.05, 3.63) is 76.2 Å². The molecule has 188 valence electrons. The van der Waals surface area contributed by atoms with Crippen LogP contribution in [0.15, 0.2) is 59.4 Å². The number of aromatic nitrogens is 2. The van der Waals surface area contributed by atoms with Crippen LogP contribution in [0.5, 0.6) is 0 Å². The van der Waals surface area contributed by atoms with Gasteiger partial charge in [-0.1, -0.05) is 48.5 Å². The third-order valence-electron chi connectivity index (χ3n) is 6.36. The van der Waals surface area contributed by atoms with Crippen LogP contribution in [0.25, 0.3) is 10.8 Å². The highest BCUT2D eigenvalue weighted by Crippen LogP contribution is 2.19. The molecule has 1 fully saturated rings. The van der Waals surface area contributed by atoms with E-state index in [9.17, 15) is 19.2 Å². The number of esters is 1. The molecule has 9 heteroatoms. The Labute approximate surface area is 209 Å². The zero-order valence-electron chi connectivity index (χ0n) is 20.6. The number of hydrogen-bond donors (Lipinski definition) is 0. The molecule has 0 bridgehead atoms. The Morgan fingerprint density at radius 2 is 1.75 bits per heavy atom. The van der Waals surface area contributed by atoms with Crippen molar-refractivity contribution in [2.75, 3.05) is 33.3 Å². The van der Waals surface area contributed by atoms with E-state index in [1.807, 2.05) is 30.3 Å². The van der Waals surface area contributed by atoms with Crippen molar-refractivity contribution in [3.63, 3.8) is 0 Å². The van der Waals surface area contributed by atoms with E-state index in [-0.39, 0.29) is 48.7 Å². The van der Waals surface area contributed by atoms with E-state index < -0.39 is 5.91 Å². The minimum absolute atomic E-state index is 0.111. The zero-order valence-corrected chi connectivity index (χ0v) is 20.6. The normalized spacial score (nSPS) is 15.5. The molecule has 0 N–H and O–H groups in total. The smallest absolute Gasteiger partial charge is 0.310 e. The van der Waals surface area contributed by atoms with Gasteiger partial charge < -0.3 is 14.5 Å². The molecule has 1 aromatic heterocycles. The molecule has 9 nitrogen and oxygen atoms in total. The predicted molar refractivity (Wildman–Crippen MR) is 134 cm³/mol. The number of carbonyl (C=O) groups excluding carboxylic acids is 3. The minimum Gasteiger partial charge on any atom is -0.466 e. The second kappa shape index (κ2) is 11.2. The van der Waals surface area contributed by atoms with Crippen LogP contribution in [-0.2, 0) is 20.9 Å². The minimum atomic E-state index is -0.458. The van der Waals surface area contributed by atoms with Crippen molar-refractivity contribution in [1.29, 1.82) is 0 Å². The topological polar surface area (TPSA) is 102 Å². The van der Waals surface area contributed by atoms with Gasteiger partial charge in [-0.2, -0.15) is 5.10 Å². The fourth-order valence-electron chi connectivity index (χ4n) is 4.47. The lowest BCUT2D eigenvalue weighted by molar-refractivity contribution is -0.151. The zero-order chi connectivity index (χ0) is 25.7. The molecule has 4 rings (SSSR count).